The molecule has 0 saturated heterocycles. The Labute approximate surface area is 80.6 Å². The Morgan fingerprint density at radius 3 is 2.69 bits per heavy atom. The topological polar surface area (TPSA) is 54.5 Å². The second-order valence-electron chi connectivity index (χ2n) is 4.13. The van der Waals surface area contributed by atoms with E-state index >= 15 is 0 Å². The van der Waals surface area contributed by atoms with Crippen LogP contribution in [0.2, 0.25) is 14.8 Å². The number of H-pyrrole nitrogens is 1. The Balaban J connectivity index is 2.61. The SMILES string of the molecule is [CH3][Sn]([CH3])([CH3])[c]1ccc2[nH]nnc2n1. The van der Waals surface area contributed by atoms with Crippen LogP contribution in [0, 0.1) is 0 Å². The molecule has 2 heterocycles. The van der Waals surface area contributed by atoms with Crippen molar-refractivity contribution in [3.8, 4) is 0 Å². The second-order valence-corrected chi connectivity index (χ2v) is 18.4. The number of hydrogen-bond acceptors (Lipinski definition) is 3. The predicted octanol–water partition coefficient (Wildman–Crippen LogP) is 0.898. The summed E-state index contributed by atoms with van der Waals surface area (Å²) in [6.07, 6.45) is 0. The first-order valence-corrected chi connectivity index (χ1v) is 14.2. The Bertz CT molecular complexity index is 429. The average Bonchev–Trinajstić information content (AvgIpc) is 2.47. The molecule has 0 amide bonds. The van der Waals surface area contributed by atoms with E-state index in [0.717, 1.165) is 11.2 Å². The van der Waals surface area contributed by atoms with E-state index in [9.17, 15) is 0 Å². The molecule has 0 aliphatic carbocycles. The van der Waals surface area contributed by atoms with Crippen LogP contribution in [0.3, 0.4) is 0 Å². The normalized spacial score (nSPS) is 12.2. The molecule has 13 heavy (non-hydrogen) atoms. The number of nitrogens with zero attached hydrogens (tertiary/aromatic N) is 3. The molecule has 5 heteroatoms. The number of aromatic amines is 1. The van der Waals surface area contributed by atoms with Crippen molar-refractivity contribution < 1.29 is 0 Å². The van der Waals surface area contributed by atoms with Crippen LogP contribution in [0.5, 0.6) is 0 Å². The molecule has 0 fully saturated rings. The Morgan fingerprint density at radius 2 is 2.00 bits per heavy atom. The maximum absolute atomic E-state index is 4.49. The summed E-state index contributed by atoms with van der Waals surface area (Å²) >= 11 is -2.02. The molecule has 4 nitrogen and oxygen atoms in total. The molecule has 2 rings (SSSR count). The van der Waals surface area contributed by atoms with Crippen molar-refractivity contribution >= 4 is 33.3 Å². The molecule has 0 bridgehead atoms. The van der Waals surface area contributed by atoms with Gasteiger partial charge >= 0.3 is 80.6 Å². The van der Waals surface area contributed by atoms with E-state index in [1.54, 1.807) is 0 Å². The first-order valence-electron chi connectivity index (χ1n) is 4.26. The van der Waals surface area contributed by atoms with E-state index < -0.39 is 18.4 Å². The zero-order chi connectivity index (χ0) is 9.47. The van der Waals surface area contributed by atoms with Gasteiger partial charge in [-0.2, -0.15) is 0 Å². The molecule has 0 spiro atoms. The van der Waals surface area contributed by atoms with Gasteiger partial charge in [-0.1, -0.05) is 0 Å². The molecule has 2 aromatic rings. The Kier molecular flexibility index (Phi) is 2.02. The van der Waals surface area contributed by atoms with E-state index in [1.807, 2.05) is 6.07 Å². The first kappa shape index (κ1) is 8.93. The quantitative estimate of drug-likeness (QED) is 0.791. The molecule has 2 aromatic heterocycles. The second kappa shape index (κ2) is 2.94. The minimum atomic E-state index is -2.02. The van der Waals surface area contributed by atoms with Crippen molar-refractivity contribution in [2.75, 3.05) is 0 Å². The molecule has 0 radical (unpaired) electrons. The number of pyridine rings is 1. The van der Waals surface area contributed by atoms with Crippen LogP contribution in [0.1, 0.15) is 0 Å². The van der Waals surface area contributed by atoms with Gasteiger partial charge in [0, 0.05) is 0 Å². The fourth-order valence-electron chi connectivity index (χ4n) is 1.16. The van der Waals surface area contributed by atoms with Crippen LogP contribution in [-0.2, 0) is 0 Å². The number of fused-ring (bicyclic) bond motifs is 1. The van der Waals surface area contributed by atoms with Crippen LogP contribution in [0.15, 0.2) is 12.1 Å². The van der Waals surface area contributed by atoms with Crippen molar-refractivity contribution in [3.05, 3.63) is 12.1 Å². The first-order chi connectivity index (χ1) is 6.07. The predicted molar refractivity (Wildman–Crippen MR) is 54.7 cm³/mol. The van der Waals surface area contributed by atoms with Gasteiger partial charge in [0.15, 0.2) is 0 Å². The van der Waals surface area contributed by atoms with Gasteiger partial charge in [0.2, 0.25) is 0 Å². The standard InChI is InChI=1S/C5H3N4.3CH3.Sn/c1-2-4-5(6-3-1)8-9-7-4;;;;/h1-2H,(H,6,7,8,9);3*1H3;. The van der Waals surface area contributed by atoms with Gasteiger partial charge in [0.1, 0.15) is 0 Å². The van der Waals surface area contributed by atoms with E-state index in [-0.39, 0.29) is 0 Å². The van der Waals surface area contributed by atoms with Crippen LogP contribution >= 0.6 is 0 Å². The van der Waals surface area contributed by atoms with Gasteiger partial charge in [-0.25, -0.2) is 0 Å². The summed E-state index contributed by atoms with van der Waals surface area (Å²) in [5.74, 6) is 0. The van der Waals surface area contributed by atoms with E-state index in [4.69, 9.17) is 0 Å². The number of aromatic nitrogens is 4. The van der Waals surface area contributed by atoms with Gasteiger partial charge in [-0.15, -0.1) is 0 Å². The summed E-state index contributed by atoms with van der Waals surface area (Å²) in [7, 11) is 0. The fourth-order valence-corrected chi connectivity index (χ4v) is 4.08. The van der Waals surface area contributed by atoms with Crippen LogP contribution < -0.4 is 3.71 Å². The molecular weight excluding hydrogens is 271 g/mol. The van der Waals surface area contributed by atoms with Gasteiger partial charge in [0.05, 0.1) is 0 Å². The fraction of sp³-hybridized carbons (Fsp3) is 0.375. The third-order valence-electron chi connectivity index (χ3n) is 1.96. The van der Waals surface area contributed by atoms with Crippen molar-refractivity contribution in [1.82, 2.24) is 20.4 Å². The summed E-state index contributed by atoms with van der Waals surface area (Å²) in [6, 6.07) is 4.11. The molecule has 0 aliphatic rings. The van der Waals surface area contributed by atoms with Gasteiger partial charge in [-0.3, -0.25) is 0 Å². The van der Waals surface area contributed by atoms with Gasteiger partial charge in [-0.05, 0) is 0 Å². The summed E-state index contributed by atoms with van der Waals surface area (Å²) in [6.45, 7) is 0. The van der Waals surface area contributed by atoms with Crippen molar-refractivity contribution in [1.29, 1.82) is 0 Å². The van der Waals surface area contributed by atoms with Crippen LogP contribution in [0.25, 0.3) is 11.2 Å². The Morgan fingerprint density at radius 1 is 1.23 bits per heavy atom. The summed E-state index contributed by atoms with van der Waals surface area (Å²) < 4.78 is 1.25. The maximum atomic E-state index is 4.49. The molecule has 0 aromatic carbocycles. The number of rotatable bonds is 1. The van der Waals surface area contributed by atoms with Crippen molar-refractivity contribution in [3.63, 3.8) is 0 Å². The summed E-state index contributed by atoms with van der Waals surface area (Å²) in [5, 5.41) is 10.4. The molecule has 0 aliphatic heterocycles. The number of nitrogens with one attached hydrogen (secondary N) is 1. The van der Waals surface area contributed by atoms with E-state index in [2.05, 4.69) is 41.3 Å². The van der Waals surface area contributed by atoms with Crippen LogP contribution in [-0.4, -0.2) is 38.8 Å². The molecule has 1 N–H and O–H groups in total. The zero-order valence-corrected chi connectivity index (χ0v) is 10.9. The van der Waals surface area contributed by atoms with Gasteiger partial charge in [0.25, 0.3) is 0 Å². The van der Waals surface area contributed by atoms with Crippen LogP contribution in [0.4, 0.5) is 0 Å². The average molecular weight is 283 g/mol. The molecule has 68 valence electrons. The molecular formula is C8H12N4Sn. The van der Waals surface area contributed by atoms with Crippen molar-refractivity contribution in [2.24, 2.45) is 0 Å². The molecule has 0 unspecified atom stereocenters. The van der Waals surface area contributed by atoms with E-state index in [0.29, 0.717) is 0 Å². The number of hydrogen-bond donors (Lipinski definition) is 1. The minimum absolute atomic E-state index is 0.740. The molecule has 0 atom stereocenters. The third kappa shape index (κ3) is 1.67. The van der Waals surface area contributed by atoms with Crippen molar-refractivity contribution in [2.45, 2.75) is 14.8 Å². The summed E-state index contributed by atoms with van der Waals surface area (Å²) in [4.78, 5) is 11.5. The Hall–Kier alpha value is -0.651. The van der Waals surface area contributed by atoms with E-state index in [1.165, 1.54) is 3.71 Å². The third-order valence-corrected chi connectivity index (χ3v) is 7.14. The molecule has 0 saturated carbocycles. The summed E-state index contributed by atoms with van der Waals surface area (Å²) in [5.41, 5.74) is 1.66. The van der Waals surface area contributed by atoms with Gasteiger partial charge < -0.3 is 0 Å². The zero-order valence-electron chi connectivity index (χ0n) is 8.00. The monoisotopic (exact) mass is 284 g/mol.